The zero-order valence-electron chi connectivity index (χ0n) is 10.0. The summed E-state index contributed by atoms with van der Waals surface area (Å²) in [4.78, 5) is 34.2. The second-order valence-corrected chi connectivity index (χ2v) is 4.89. The molecule has 1 amide bonds. The van der Waals surface area contributed by atoms with Crippen LogP contribution < -0.4 is 5.32 Å². The van der Waals surface area contributed by atoms with Crippen molar-refractivity contribution in [3.8, 4) is 0 Å². The lowest BCUT2D eigenvalue weighted by Crippen LogP contribution is -2.31. The van der Waals surface area contributed by atoms with E-state index in [0.717, 1.165) is 0 Å². The number of amides is 1. The van der Waals surface area contributed by atoms with Crippen LogP contribution in [0.5, 0.6) is 0 Å². The third kappa shape index (κ3) is 4.67. The Labute approximate surface area is 109 Å². The lowest BCUT2D eigenvalue weighted by molar-refractivity contribution is -0.141. The van der Waals surface area contributed by atoms with Gasteiger partial charge in [0.2, 0.25) is 5.91 Å². The fourth-order valence-electron chi connectivity index (χ4n) is 1.23. The molecule has 1 aromatic rings. The first kappa shape index (κ1) is 14.4. The molecule has 0 saturated heterocycles. The van der Waals surface area contributed by atoms with E-state index in [0.29, 0.717) is 4.88 Å². The molecule has 2 N–H and O–H groups in total. The highest BCUT2D eigenvalue weighted by Gasteiger charge is 2.13. The van der Waals surface area contributed by atoms with Crippen molar-refractivity contribution in [1.82, 2.24) is 5.32 Å². The Balaban J connectivity index is 2.25. The lowest BCUT2D eigenvalue weighted by Gasteiger charge is -2.07. The van der Waals surface area contributed by atoms with Gasteiger partial charge in [-0.15, -0.1) is 11.3 Å². The zero-order valence-corrected chi connectivity index (χ0v) is 10.8. The molecule has 0 aliphatic carbocycles. The van der Waals surface area contributed by atoms with Crippen LogP contribution >= 0.6 is 11.3 Å². The molecule has 1 unspecified atom stereocenters. The number of carbonyl (C=O) groups excluding carboxylic acids is 2. The molecule has 98 valence electrons. The molecule has 1 aromatic heterocycles. The normalized spacial score (nSPS) is 11.8. The Bertz CT molecular complexity index is 427. The van der Waals surface area contributed by atoms with Crippen molar-refractivity contribution in [2.75, 3.05) is 6.54 Å². The highest BCUT2D eigenvalue weighted by atomic mass is 32.1. The molecular formula is C12H15NO4S. The summed E-state index contributed by atoms with van der Waals surface area (Å²) in [6, 6.07) is 3.50. The van der Waals surface area contributed by atoms with Crippen LogP contribution in [0.15, 0.2) is 17.5 Å². The second-order valence-electron chi connectivity index (χ2n) is 3.94. The van der Waals surface area contributed by atoms with E-state index in [-0.39, 0.29) is 31.1 Å². The molecule has 1 heterocycles. The van der Waals surface area contributed by atoms with Crippen molar-refractivity contribution in [3.63, 3.8) is 0 Å². The van der Waals surface area contributed by atoms with Crippen molar-refractivity contribution in [3.05, 3.63) is 22.4 Å². The predicted molar refractivity (Wildman–Crippen MR) is 67.7 cm³/mol. The number of Topliss-reactive ketones (excluding diaryl/α,β-unsaturated/α-hetero) is 1. The third-order valence-electron chi connectivity index (χ3n) is 2.40. The number of carboxylic acids is 1. The van der Waals surface area contributed by atoms with Gasteiger partial charge in [0.1, 0.15) is 0 Å². The van der Waals surface area contributed by atoms with E-state index in [2.05, 4.69) is 5.32 Å². The summed E-state index contributed by atoms with van der Waals surface area (Å²) in [5.74, 6) is -1.94. The Hall–Kier alpha value is -1.69. The second kappa shape index (κ2) is 6.90. The van der Waals surface area contributed by atoms with Gasteiger partial charge < -0.3 is 10.4 Å². The Kier molecular flexibility index (Phi) is 5.51. The number of hydrogen-bond donors (Lipinski definition) is 2. The number of hydrogen-bond acceptors (Lipinski definition) is 4. The molecule has 0 radical (unpaired) electrons. The van der Waals surface area contributed by atoms with Gasteiger partial charge in [-0.2, -0.15) is 0 Å². The standard InChI is InChI=1S/C12H15NO4S/c1-8(12(16)17)7-13-11(15)5-4-9(14)10-3-2-6-18-10/h2-3,6,8H,4-5,7H2,1H3,(H,13,15)(H,16,17). The first-order valence-corrected chi connectivity index (χ1v) is 6.45. The summed E-state index contributed by atoms with van der Waals surface area (Å²) in [5.41, 5.74) is 0. The summed E-state index contributed by atoms with van der Waals surface area (Å²) in [5, 5.41) is 12.9. The van der Waals surface area contributed by atoms with Crippen LogP contribution in [0.4, 0.5) is 0 Å². The summed E-state index contributed by atoms with van der Waals surface area (Å²) < 4.78 is 0. The van der Waals surface area contributed by atoms with Gasteiger partial charge in [-0.1, -0.05) is 13.0 Å². The maximum absolute atomic E-state index is 11.6. The SMILES string of the molecule is CC(CNC(=O)CCC(=O)c1cccs1)C(=O)O. The molecule has 0 aromatic carbocycles. The van der Waals surface area contributed by atoms with Crippen LogP contribution in [-0.4, -0.2) is 29.3 Å². The fraction of sp³-hybridized carbons (Fsp3) is 0.417. The van der Waals surface area contributed by atoms with Gasteiger partial charge >= 0.3 is 5.97 Å². The average Bonchev–Trinajstić information content (AvgIpc) is 2.86. The van der Waals surface area contributed by atoms with Gasteiger partial charge in [-0.05, 0) is 11.4 Å². The number of carboxylic acid groups (broad SMARTS) is 1. The van der Waals surface area contributed by atoms with Crippen molar-refractivity contribution >= 4 is 29.0 Å². The Morgan fingerprint density at radius 2 is 2.11 bits per heavy atom. The predicted octanol–water partition coefficient (Wildman–Crippen LogP) is 1.55. The molecule has 0 aliphatic rings. The van der Waals surface area contributed by atoms with Crippen LogP contribution in [-0.2, 0) is 9.59 Å². The molecule has 1 atom stereocenters. The van der Waals surface area contributed by atoms with Gasteiger partial charge in [-0.3, -0.25) is 14.4 Å². The van der Waals surface area contributed by atoms with Crippen LogP contribution in [0.25, 0.3) is 0 Å². The quantitative estimate of drug-likeness (QED) is 0.736. The number of carbonyl (C=O) groups is 3. The minimum atomic E-state index is -0.954. The molecule has 0 aliphatic heterocycles. The molecule has 18 heavy (non-hydrogen) atoms. The number of rotatable bonds is 7. The molecule has 0 saturated carbocycles. The molecule has 1 rings (SSSR count). The Morgan fingerprint density at radius 3 is 2.67 bits per heavy atom. The van der Waals surface area contributed by atoms with Gasteiger partial charge in [0.15, 0.2) is 5.78 Å². The van der Waals surface area contributed by atoms with Crippen LogP contribution in [0.2, 0.25) is 0 Å². The highest BCUT2D eigenvalue weighted by molar-refractivity contribution is 7.12. The molecule has 0 spiro atoms. The van der Waals surface area contributed by atoms with Crippen molar-refractivity contribution < 1.29 is 19.5 Å². The van der Waals surface area contributed by atoms with Gasteiger partial charge in [-0.25, -0.2) is 0 Å². The first-order chi connectivity index (χ1) is 8.50. The number of aliphatic carboxylic acids is 1. The lowest BCUT2D eigenvalue weighted by atomic mass is 10.1. The summed E-state index contributed by atoms with van der Waals surface area (Å²) in [7, 11) is 0. The van der Waals surface area contributed by atoms with E-state index in [4.69, 9.17) is 5.11 Å². The van der Waals surface area contributed by atoms with Crippen LogP contribution in [0, 0.1) is 5.92 Å². The first-order valence-electron chi connectivity index (χ1n) is 5.57. The smallest absolute Gasteiger partial charge is 0.308 e. The van der Waals surface area contributed by atoms with Gasteiger partial charge in [0.05, 0.1) is 10.8 Å². The van der Waals surface area contributed by atoms with E-state index < -0.39 is 11.9 Å². The fourth-order valence-corrected chi connectivity index (χ4v) is 1.92. The van der Waals surface area contributed by atoms with E-state index >= 15 is 0 Å². The molecule has 5 nitrogen and oxygen atoms in total. The van der Waals surface area contributed by atoms with Crippen molar-refractivity contribution in [2.24, 2.45) is 5.92 Å². The summed E-state index contributed by atoms with van der Waals surface area (Å²) >= 11 is 1.35. The number of nitrogens with one attached hydrogen (secondary N) is 1. The maximum Gasteiger partial charge on any atom is 0.308 e. The topological polar surface area (TPSA) is 83.5 Å². The molecule has 0 bridgehead atoms. The van der Waals surface area contributed by atoms with Gasteiger partial charge in [0, 0.05) is 19.4 Å². The monoisotopic (exact) mass is 269 g/mol. The van der Waals surface area contributed by atoms with Crippen molar-refractivity contribution in [2.45, 2.75) is 19.8 Å². The van der Waals surface area contributed by atoms with Crippen molar-refractivity contribution in [1.29, 1.82) is 0 Å². The van der Waals surface area contributed by atoms with Crippen LogP contribution in [0.3, 0.4) is 0 Å². The summed E-state index contributed by atoms with van der Waals surface area (Å²) in [6.07, 6.45) is 0.233. The number of ketones is 1. The largest absolute Gasteiger partial charge is 0.481 e. The third-order valence-corrected chi connectivity index (χ3v) is 3.31. The maximum atomic E-state index is 11.6. The average molecular weight is 269 g/mol. The zero-order chi connectivity index (χ0) is 13.5. The van der Waals surface area contributed by atoms with E-state index in [9.17, 15) is 14.4 Å². The highest BCUT2D eigenvalue weighted by Crippen LogP contribution is 2.12. The van der Waals surface area contributed by atoms with E-state index in [1.165, 1.54) is 18.3 Å². The minimum Gasteiger partial charge on any atom is -0.481 e. The van der Waals surface area contributed by atoms with E-state index in [1.807, 2.05) is 5.38 Å². The Morgan fingerprint density at radius 1 is 1.39 bits per heavy atom. The van der Waals surface area contributed by atoms with Crippen LogP contribution in [0.1, 0.15) is 29.4 Å². The minimum absolute atomic E-state index is 0.0635. The summed E-state index contributed by atoms with van der Waals surface area (Å²) in [6.45, 7) is 1.60. The van der Waals surface area contributed by atoms with Gasteiger partial charge in [0.25, 0.3) is 0 Å². The molecule has 0 fully saturated rings. The molecule has 6 heteroatoms. The van der Waals surface area contributed by atoms with E-state index in [1.54, 1.807) is 12.1 Å². The molecular weight excluding hydrogens is 254 g/mol. The number of thiophene rings is 1.